The van der Waals surface area contributed by atoms with Crippen molar-refractivity contribution in [3.8, 4) is 5.75 Å². The van der Waals surface area contributed by atoms with Crippen LogP contribution >= 0.6 is 11.6 Å². The minimum absolute atomic E-state index is 0.0376. The molecule has 0 spiro atoms. The number of hydrogen-bond donors (Lipinski definition) is 1. The van der Waals surface area contributed by atoms with Crippen molar-refractivity contribution in [2.45, 2.75) is 25.3 Å². The number of methoxy groups -OCH3 is 1. The summed E-state index contributed by atoms with van der Waals surface area (Å²) in [6.07, 6.45) is 2.28. The van der Waals surface area contributed by atoms with Gasteiger partial charge in [-0.3, -0.25) is 4.79 Å². The number of piperidine rings is 1. The van der Waals surface area contributed by atoms with Crippen molar-refractivity contribution < 1.29 is 19.4 Å². The average molecular weight is 298 g/mol. The summed E-state index contributed by atoms with van der Waals surface area (Å²) in [4.78, 5) is 25.8. The van der Waals surface area contributed by atoms with Crippen molar-refractivity contribution >= 4 is 23.5 Å². The predicted octanol–water partition coefficient (Wildman–Crippen LogP) is 2.21. The van der Waals surface area contributed by atoms with Gasteiger partial charge in [-0.1, -0.05) is 11.6 Å². The van der Waals surface area contributed by atoms with Crippen LogP contribution in [-0.2, 0) is 9.53 Å². The number of amides is 1. The highest BCUT2D eigenvalue weighted by atomic mass is 35.5. The number of carbonyl (C=O) groups is 2. The maximum atomic E-state index is 12.5. The van der Waals surface area contributed by atoms with Gasteiger partial charge in [0.25, 0.3) is 5.91 Å². The van der Waals surface area contributed by atoms with Crippen molar-refractivity contribution in [1.82, 2.24) is 4.90 Å². The van der Waals surface area contributed by atoms with Gasteiger partial charge in [0.15, 0.2) is 0 Å². The van der Waals surface area contributed by atoms with E-state index in [1.54, 1.807) is 0 Å². The van der Waals surface area contributed by atoms with Crippen LogP contribution in [0.5, 0.6) is 5.75 Å². The first kappa shape index (κ1) is 14.7. The fraction of sp³-hybridized carbons (Fsp3) is 0.429. The summed E-state index contributed by atoms with van der Waals surface area (Å²) in [6, 6.07) is 3.60. The molecule has 1 aromatic rings. The van der Waals surface area contributed by atoms with E-state index in [0.29, 0.717) is 13.0 Å². The smallest absolute Gasteiger partial charge is 0.328 e. The topological polar surface area (TPSA) is 66.8 Å². The molecule has 1 N–H and O–H groups in total. The first-order chi connectivity index (χ1) is 9.54. The third kappa shape index (κ3) is 2.88. The van der Waals surface area contributed by atoms with Gasteiger partial charge in [-0.2, -0.15) is 0 Å². The lowest BCUT2D eigenvalue weighted by atomic mass is 10.0. The van der Waals surface area contributed by atoms with Crippen molar-refractivity contribution in [2.24, 2.45) is 0 Å². The molecule has 1 saturated heterocycles. The predicted molar refractivity (Wildman–Crippen MR) is 73.8 cm³/mol. The number of halogens is 1. The van der Waals surface area contributed by atoms with E-state index >= 15 is 0 Å². The lowest BCUT2D eigenvalue weighted by molar-refractivity contribution is -0.147. The standard InChI is InChI=1S/C14H16ClNO4/c1-20-14(19)12-4-2-3-7-16(12)13(18)10-8-9(17)5-6-11(10)15/h5-6,8,12,17H,2-4,7H2,1H3. The molecule has 5 nitrogen and oxygen atoms in total. The van der Waals surface area contributed by atoms with Crippen LogP contribution in [0.4, 0.5) is 0 Å². The zero-order chi connectivity index (χ0) is 14.7. The molecule has 1 unspecified atom stereocenters. The maximum Gasteiger partial charge on any atom is 0.328 e. The fourth-order valence-electron chi connectivity index (χ4n) is 2.39. The number of benzene rings is 1. The number of phenolic OH excluding ortho intramolecular Hbond substituents is 1. The Hall–Kier alpha value is -1.75. The Balaban J connectivity index is 2.30. The Bertz CT molecular complexity index is 532. The van der Waals surface area contributed by atoms with Gasteiger partial charge in [0.1, 0.15) is 11.8 Å². The van der Waals surface area contributed by atoms with Gasteiger partial charge in [0, 0.05) is 6.54 Å². The number of aromatic hydroxyl groups is 1. The van der Waals surface area contributed by atoms with Crippen LogP contribution in [0.25, 0.3) is 0 Å². The molecular formula is C14H16ClNO4. The zero-order valence-corrected chi connectivity index (χ0v) is 11.9. The average Bonchev–Trinajstić information content (AvgIpc) is 2.48. The summed E-state index contributed by atoms with van der Waals surface area (Å²) in [5.74, 6) is -0.820. The third-order valence-electron chi connectivity index (χ3n) is 3.42. The van der Waals surface area contributed by atoms with Crippen LogP contribution in [0, 0.1) is 0 Å². The number of ether oxygens (including phenoxy) is 1. The van der Waals surface area contributed by atoms with Crippen molar-refractivity contribution in [3.05, 3.63) is 28.8 Å². The molecule has 0 aliphatic carbocycles. The van der Waals surface area contributed by atoms with Gasteiger partial charge >= 0.3 is 5.97 Å². The molecule has 1 atom stereocenters. The number of carbonyl (C=O) groups excluding carboxylic acids is 2. The van der Waals surface area contributed by atoms with E-state index in [9.17, 15) is 14.7 Å². The van der Waals surface area contributed by atoms with Crippen LogP contribution in [0.1, 0.15) is 29.6 Å². The largest absolute Gasteiger partial charge is 0.508 e. The molecule has 108 valence electrons. The number of likely N-dealkylation sites (tertiary alicyclic amines) is 1. The number of rotatable bonds is 2. The molecule has 0 aromatic heterocycles. The molecule has 6 heteroatoms. The molecule has 2 rings (SSSR count). The molecule has 1 aliphatic rings. The minimum atomic E-state index is -0.584. The highest BCUT2D eigenvalue weighted by molar-refractivity contribution is 6.33. The summed E-state index contributed by atoms with van der Waals surface area (Å²) in [6.45, 7) is 0.477. The second-order valence-electron chi connectivity index (χ2n) is 4.70. The van der Waals surface area contributed by atoms with E-state index in [1.807, 2.05) is 0 Å². The fourth-order valence-corrected chi connectivity index (χ4v) is 2.59. The molecule has 1 aromatic carbocycles. The molecule has 1 fully saturated rings. The zero-order valence-electron chi connectivity index (χ0n) is 11.1. The Morgan fingerprint density at radius 3 is 2.85 bits per heavy atom. The molecule has 0 saturated carbocycles. The van der Waals surface area contributed by atoms with E-state index in [4.69, 9.17) is 16.3 Å². The van der Waals surface area contributed by atoms with Gasteiger partial charge in [0.05, 0.1) is 17.7 Å². The molecule has 1 amide bonds. The highest BCUT2D eigenvalue weighted by Gasteiger charge is 2.34. The van der Waals surface area contributed by atoms with E-state index in [1.165, 1.54) is 30.2 Å². The molecular weight excluding hydrogens is 282 g/mol. The number of nitrogens with zero attached hydrogens (tertiary/aromatic N) is 1. The Morgan fingerprint density at radius 2 is 2.15 bits per heavy atom. The van der Waals surface area contributed by atoms with Crippen LogP contribution in [0.2, 0.25) is 5.02 Å². The maximum absolute atomic E-state index is 12.5. The minimum Gasteiger partial charge on any atom is -0.508 e. The lowest BCUT2D eigenvalue weighted by Crippen LogP contribution is -2.48. The first-order valence-electron chi connectivity index (χ1n) is 6.42. The summed E-state index contributed by atoms with van der Waals surface area (Å²) in [7, 11) is 1.31. The molecule has 0 radical (unpaired) electrons. The van der Waals surface area contributed by atoms with E-state index < -0.39 is 12.0 Å². The number of esters is 1. The third-order valence-corrected chi connectivity index (χ3v) is 3.75. The normalized spacial score (nSPS) is 18.7. The van der Waals surface area contributed by atoms with Gasteiger partial charge in [-0.25, -0.2) is 4.79 Å². The number of phenols is 1. The molecule has 20 heavy (non-hydrogen) atoms. The second kappa shape index (κ2) is 6.13. The van der Waals surface area contributed by atoms with Crippen LogP contribution in [-0.4, -0.2) is 41.6 Å². The van der Waals surface area contributed by atoms with Crippen LogP contribution in [0.3, 0.4) is 0 Å². The summed E-state index contributed by atoms with van der Waals surface area (Å²) < 4.78 is 4.74. The van der Waals surface area contributed by atoms with E-state index in [-0.39, 0.29) is 22.2 Å². The summed E-state index contributed by atoms with van der Waals surface area (Å²) in [5, 5.41) is 9.74. The summed E-state index contributed by atoms with van der Waals surface area (Å²) >= 11 is 6.00. The molecule has 0 bridgehead atoms. The molecule has 1 heterocycles. The van der Waals surface area contributed by atoms with E-state index in [2.05, 4.69) is 0 Å². The Morgan fingerprint density at radius 1 is 1.40 bits per heavy atom. The van der Waals surface area contributed by atoms with Gasteiger partial charge in [-0.05, 0) is 37.5 Å². The van der Waals surface area contributed by atoms with Crippen LogP contribution < -0.4 is 0 Å². The second-order valence-corrected chi connectivity index (χ2v) is 5.10. The van der Waals surface area contributed by atoms with E-state index in [0.717, 1.165) is 12.8 Å². The van der Waals surface area contributed by atoms with Gasteiger partial charge in [-0.15, -0.1) is 0 Å². The summed E-state index contributed by atoms with van der Waals surface area (Å²) in [5.41, 5.74) is 0.197. The Labute approximate surface area is 122 Å². The van der Waals surface area contributed by atoms with Crippen molar-refractivity contribution in [2.75, 3.05) is 13.7 Å². The number of hydrogen-bond acceptors (Lipinski definition) is 4. The van der Waals surface area contributed by atoms with Crippen molar-refractivity contribution in [3.63, 3.8) is 0 Å². The molecule has 1 aliphatic heterocycles. The van der Waals surface area contributed by atoms with Gasteiger partial charge < -0.3 is 14.7 Å². The van der Waals surface area contributed by atoms with Gasteiger partial charge in [0.2, 0.25) is 0 Å². The lowest BCUT2D eigenvalue weighted by Gasteiger charge is -2.34. The Kier molecular flexibility index (Phi) is 4.49. The van der Waals surface area contributed by atoms with Crippen LogP contribution in [0.15, 0.2) is 18.2 Å². The quantitative estimate of drug-likeness (QED) is 0.850. The first-order valence-corrected chi connectivity index (χ1v) is 6.79. The highest BCUT2D eigenvalue weighted by Crippen LogP contribution is 2.26. The SMILES string of the molecule is COC(=O)C1CCCCN1C(=O)c1cc(O)ccc1Cl. The monoisotopic (exact) mass is 297 g/mol. The van der Waals surface area contributed by atoms with Crippen molar-refractivity contribution in [1.29, 1.82) is 0 Å².